The van der Waals surface area contributed by atoms with Crippen LogP contribution in [0.5, 0.6) is 0 Å². The molecule has 0 saturated heterocycles. The molecule has 76 valence electrons. The molecule has 0 atom stereocenters. The van der Waals surface area contributed by atoms with E-state index < -0.39 is 5.97 Å². The Balaban J connectivity index is 2.82. The first-order chi connectivity index (χ1) is 6.63. The van der Waals surface area contributed by atoms with E-state index in [1.165, 1.54) is 12.1 Å². The predicted octanol–water partition coefficient (Wildman–Crippen LogP) is 2.74. The summed E-state index contributed by atoms with van der Waals surface area (Å²) < 4.78 is 12.8. The van der Waals surface area contributed by atoms with Crippen LogP contribution in [-0.2, 0) is 16.5 Å². The number of carbonyl (C=O) groups is 1. The number of benzene rings is 1. The molecule has 2 nitrogen and oxygen atoms in total. The zero-order valence-corrected chi connectivity index (χ0v) is 9.05. The highest BCUT2D eigenvalue weighted by Gasteiger charge is 2.05. The van der Waals surface area contributed by atoms with Gasteiger partial charge in [-0.15, -0.1) is 0 Å². The fourth-order valence-electron chi connectivity index (χ4n) is 1.20. The normalized spacial score (nSPS) is 10.1. The van der Waals surface area contributed by atoms with Crippen LogP contribution in [0.1, 0.15) is 17.5 Å². The van der Waals surface area contributed by atoms with Crippen molar-refractivity contribution in [3.05, 3.63) is 35.1 Å². The summed E-state index contributed by atoms with van der Waals surface area (Å²) in [5.74, 6) is -1.19. The van der Waals surface area contributed by atoms with E-state index in [9.17, 15) is 9.18 Å². The van der Waals surface area contributed by atoms with Gasteiger partial charge in [-0.25, -0.2) is 4.39 Å². The van der Waals surface area contributed by atoms with Gasteiger partial charge in [-0.3, -0.25) is 4.79 Å². The number of hydrogen-bond donors (Lipinski definition) is 1. The van der Waals surface area contributed by atoms with Gasteiger partial charge < -0.3 is 5.11 Å². The number of rotatable bonds is 4. The second-order valence-corrected chi connectivity index (χ2v) is 3.50. The van der Waals surface area contributed by atoms with E-state index in [2.05, 4.69) is 15.9 Å². The molecular formula is C10H10BrFO2. The fourth-order valence-corrected chi connectivity index (χ4v) is 1.75. The molecule has 4 heteroatoms. The topological polar surface area (TPSA) is 37.3 Å². The Morgan fingerprint density at radius 2 is 2.14 bits per heavy atom. The summed E-state index contributed by atoms with van der Waals surface area (Å²) >= 11 is 3.27. The molecule has 0 spiro atoms. The maximum absolute atomic E-state index is 12.8. The Bertz CT molecular complexity index is 339. The van der Waals surface area contributed by atoms with Crippen LogP contribution in [0.3, 0.4) is 0 Å². The van der Waals surface area contributed by atoms with Crippen molar-refractivity contribution in [3.8, 4) is 0 Å². The Labute approximate surface area is 89.9 Å². The van der Waals surface area contributed by atoms with Crippen molar-refractivity contribution in [3.63, 3.8) is 0 Å². The lowest BCUT2D eigenvalue weighted by Gasteiger charge is -2.05. The number of alkyl halides is 1. The average molecular weight is 261 g/mol. The van der Waals surface area contributed by atoms with E-state index in [0.717, 1.165) is 11.1 Å². The quantitative estimate of drug-likeness (QED) is 0.846. The first-order valence-electron chi connectivity index (χ1n) is 4.18. The van der Waals surface area contributed by atoms with E-state index in [4.69, 9.17) is 5.11 Å². The van der Waals surface area contributed by atoms with Gasteiger partial charge in [0.15, 0.2) is 0 Å². The van der Waals surface area contributed by atoms with Gasteiger partial charge in [0.25, 0.3) is 0 Å². The number of aliphatic carboxylic acids is 1. The van der Waals surface area contributed by atoms with Crippen LogP contribution >= 0.6 is 15.9 Å². The smallest absolute Gasteiger partial charge is 0.303 e. The molecule has 0 saturated carbocycles. The molecule has 0 aliphatic rings. The SMILES string of the molecule is O=C(O)CCc1cc(F)ccc1CBr. The monoisotopic (exact) mass is 260 g/mol. The summed E-state index contributed by atoms with van der Waals surface area (Å²) in [4.78, 5) is 10.4. The minimum Gasteiger partial charge on any atom is -0.481 e. The van der Waals surface area contributed by atoms with Crippen LogP contribution < -0.4 is 0 Å². The van der Waals surface area contributed by atoms with Crippen LogP contribution in [0.15, 0.2) is 18.2 Å². The van der Waals surface area contributed by atoms with E-state index in [0.29, 0.717) is 11.8 Å². The van der Waals surface area contributed by atoms with Gasteiger partial charge in [0.1, 0.15) is 5.82 Å². The molecule has 0 fully saturated rings. The van der Waals surface area contributed by atoms with Crippen LogP contribution in [-0.4, -0.2) is 11.1 Å². The molecule has 14 heavy (non-hydrogen) atoms. The number of carboxylic acid groups (broad SMARTS) is 1. The minimum absolute atomic E-state index is 0.0312. The molecule has 1 rings (SSSR count). The lowest BCUT2D eigenvalue weighted by atomic mass is 10.0. The summed E-state index contributed by atoms with van der Waals surface area (Å²) in [6, 6.07) is 4.43. The molecule has 0 aromatic heterocycles. The van der Waals surface area contributed by atoms with Crippen molar-refractivity contribution in [1.29, 1.82) is 0 Å². The third-order valence-electron chi connectivity index (χ3n) is 1.92. The van der Waals surface area contributed by atoms with Gasteiger partial charge in [0, 0.05) is 11.8 Å². The number of aryl methyl sites for hydroxylation is 1. The molecule has 0 amide bonds. The van der Waals surface area contributed by atoms with E-state index in [-0.39, 0.29) is 12.2 Å². The summed E-state index contributed by atoms with van der Waals surface area (Å²) in [7, 11) is 0. The highest BCUT2D eigenvalue weighted by Crippen LogP contribution is 2.16. The van der Waals surface area contributed by atoms with E-state index in [1.807, 2.05) is 0 Å². The first-order valence-corrected chi connectivity index (χ1v) is 5.30. The largest absolute Gasteiger partial charge is 0.481 e. The zero-order valence-electron chi connectivity index (χ0n) is 7.46. The molecule has 0 heterocycles. The molecule has 0 aliphatic heterocycles. The van der Waals surface area contributed by atoms with Gasteiger partial charge in [-0.1, -0.05) is 22.0 Å². The Morgan fingerprint density at radius 3 is 2.71 bits per heavy atom. The van der Waals surface area contributed by atoms with Gasteiger partial charge in [-0.05, 0) is 29.7 Å². The van der Waals surface area contributed by atoms with E-state index in [1.54, 1.807) is 6.07 Å². The molecule has 0 bridgehead atoms. The standard InChI is InChI=1S/C10H10BrFO2/c11-6-8-1-3-9(12)5-7(8)2-4-10(13)14/h1,3,5H,2,4,6H2,(H,13,14). The highest BCUT2D eigenvalue weighted by atomic mass is 79.9. The summed E-state index contributed by atoms with van der Waals surface area (Å²) in [5, 5.41) is 9.12. The molecule has 1 aromatic rings. The van der Waals surface area contributed by atoms with Crippen LogP contribution in [0.4, 0.5) is 4.39 Å². The van der Waals surface area contributed by atoms with Gasteiger partial charge in [0.2, 0.25) is 0 Å². The highest BCUT2D eigenvalue weighted by molar-refractivity contribution is 9.08. The van der Waals surface area contributed by atoms with Gasteiger partial charge in [0.05, 0.1) is 0 Å². The van der Waals surface area contributed by atoms with E-state index >= 15 is 0 Å². The maximum Gasteiger partial charge on any atom is 0.303 e. The minimum atomic E-state index is -0.866. The van der Waals surface area contributed by atoms with Crippen molar-refractivity contribution in [1.82, 2.24) is 0 Å². The molecule has 1 aromatic carbocycles. The van der Waals surface area contributed by atoms with Gasteiger partial charge >= 0.3 is 5.97 Å². The van der Waals surface area contributed by atoms with Crippen molar-refractivity contribution in [2.24, 2.45) is 0 Å². The predicted molar refractivity (Wildman–Crippen MR) is 55.0 cm³/mol. The third-order valence-corrected chi connectivity index (χ3v) is 2.52. The summed E-state index contributed by atoms with van der Waals surface area (Å²) in [6.07, 6.45) is 0.400. The third kappa shape index (κ3) is 3.10. The molecule has 0 unspecified atom stereocenters. The lowest BCUT2D eigenvalue weighted by Crippen LogP contribution is -2.00. The van der Waals surface area contributed by atoms with Crippen LogP contribution in [0.25, 0.3) is 0 Å². The van der Waals surface area contributed by atoms with Crippen molar-refractivity contribution < 1.29 is 14.3 Å². The Kier molecular flexibility index (Phi) is 4.07. The van der Waals surface area contributed by atoms with Crippen molar-refractivity contribution in [2.45, 2.75) is 18.2 Å². The number of carboxylic acids is 1. The number of hydrogen-bond acceptors (Lipinski definition) is 1. The van der Waals surface area contributed by atoms with Crippen molar-refractivity contribution >= 4 is 21.9 Å². The molecular weight excluding hydrogens is 251 g/mol. The lowest BCUT2D eigenvalue weighted by molar-refractivity contribution is -0.136. The second kappa shape index (κ2) is 5.10. The molecule has 0 radical (unpaired) electrons. The van der Waals surface area contributed by atoms with Gasteiger partial charge in [-0.2, -0.15) is 0 Å². The maximum atomic E-state index is 12.8. The summed E-state index contributed by atoms with van der Waals surface area (Å²) in [6.45, 7) is 0. The first kappa shape index (κ1) is 11.2. The number of halogens is 2. The Morgan fingerprint density at radius 1 is 1.43 bits per heavy atom. The van der Waals surface area contributed by atoms with Crippen molar-refractivity contribution in [2.75, 3.05) is 0 Å². The average Bonchev–Trinajstić information content (AvgIpc) is 2.15. The van der Waals surface area contributed by atoms with Crippen LogP contribution in [0, 0.1) is 5.82 Å². The molecule has 0 aliphatic carbocycles. The second-order valence-electron chi connectivity index (χ2n) is 2.94. The fraction of sp³-hybridized carbons (Fsp3) is 0.300. The summed E-state index contributed by atoms with van der Waals surface area (Å²) in [5.41, 5.74) is 1.69. The Hall–Kier alpha value is -0.900. The molecule has 1 N–H and O–H groups in total. The van der Waals surface area contributed by atoms with Crippen LogP contribution in [0.2, 0.25) is 0 Å². The zero-order chi connectivity index (χ0) is 10.6.